The molecule has 152 valence electrons. The zero-order valence-electron chi connectivity index (χ0n) is 15.6. The molecule has 2 aromatic carbocycles. The lowest BCUT2D eigenvalue weighted by Crippen LogP contribution is -2.44. The molecule has 0 saturated carbocycles. The highest BCUT2D eigenvalue weighted by atomic mass is 19.4. The average Bonchev–Trinajstić information content (AvgIpc) is 3.12. The molecule has 9 heteroatoms. The first-order chi connectivity index (χ1) is 13.9. The molecular formula is C20H18F3N3O3. The van der Waals surface area contributed by atoms with Crippen LogP contribution in [0, 0.1) is 0 Å². The van der Waals surface area contributed by atoms with E-state index in [9.17, 15) is 18.0 Å². The molecule has 0 spiro atoms. The van der Waals surface area contributed by atoms with Crippen LogP contribution >= 0.6 is 0 Å². The first kappa shape index (κ1) is 19.3. The van der Waals surface area contributed by atoms with E-state index in [4.69, 9.17) is 9.47 Å². The van der Waals surface area contributed by atoms with Crippen molar-refractivity contribution in [2.45, 2.75) is 6.18 Å². The van der Waals surface area contributed by atoms with Gasteiger partial charge in [0.05, 0.1) is 50.1 Å². The van der Waals surface area contributed by atoms with E-state index in [1.807, 2.05) is 5.01 Å². The van der Waals surface area contributed by atoms with Gasteiger partial charge in [-0.15, -0.1) is 0 Å². The second-order valence-electron chi connectivity index (χ2n) is 6.52. The third-order valence-corrected chi connectivity index (χ3v) is 4.81. The molecule has 1 aliphatic heterocycles. The minimum Gasteiger partial charge on any atom is -0.465 e. The molecule has 0 amide bonds. The number of carbonyl (C=O) groups excluding carboxylic acids is 1. The fourth-order valence-electron chi connectivity index (χ4n) is 3.50. The standard InChI is InChI=1S/C20H18F3N3O3/c1-28-19(27)14-6-4-8-16-17(14)24-18(26(16)25-9-11-29-12-10-25)13-5-2-3-7-15(13)20(21,22)23/h2-8H,9-12H2,1H3. The molecule has 1 aliphatic rings. The van der Waals surface area contributed by atoms with Gasteiger partial charge in [0, 0.05) is 5.56 Å². The number of halogens is 3. The molecule has 0 aliphatic carbocycles. The van der Waals surface area contributed by atoms with E-state index in [0.29, 0.717) is 31.8 Å². The summed E-state index contributed by atoms with van der Waals surface area (Å²) < 4.78 is 52.9. The van der Waals surface area contributed by atoms with E-state index in [0.717, 1.165) is 6.07 Å². The van der Waals surface area contributed by atoms with Crippen molar-refractivity contribution in [1.29, 1.82) is 0 Å². The fraction of sp³-hybridized carbons (Fsp3) is 0.300. The Kier molecular flexibility index (Phi) is 4.91. The lowest BCUT2D eigenvalue weighted by molar-refractivity contribution is -0.137. The highest BCUT2D eigenvalue weighted by molar-refractivity contribution is 6.03. The number of nitrogens with zero attached hydrogens (tertiary/aromatic N) is 3. The van der Waals surface area contributed by atoms with Crippen LogP contribution in [0.2, 0.25) is 0 Å². The number of fused-ring (bicyclic) bond motifs is 1. The van der Waals surface area contributed by atoms with Gasteiger partial charge >= 0.3 is 12.1 Å². The minimum atomic E-state index is -4.55. The Morgan fingerprint density at radius 1 is 1.10 bits per heavy atom. The number of hydrogen-bond acceptors (Lipinski definition) is 5. The predicted octanol–water partition coefficient (Wildman–Crippen LogP) is 3.48. The van der Waals surface area contributed by atoms with Crippen molar-refractivity contribution in [2.24, 2.45) is 0 Å². The molecule has 0 unspecified atom stereocenters. The van der Waals surface area contributed by atoms with E-state index < -0.39 is 17.7 Å². The maximum absolute atomic E-state index is 13.7. The summed E-state index contributed by atoms with van der Waals surface area (Å²) in [4.78, 5) is 16.7. The van der Waals surface area contributed by atoms with Crippen molar-refractivity contribution in [2.75, 3.05) is 38.4 Å². The molecule has 2 heterocycles. The third-order valence-electron chi connectivity index (χ3n) is 4.81. The molecule has 1 fully saturated rings. The summed E-state index contributed by atoms with van der Waals surface area (Å²) in [6.07, 6.45) is -4.55. The predicted molar refractivity (Wildman–Crippen MR) is 100 cm³/mol. The number of rotatable bonds is 3. The van der Waals surface area contributed by atoms with Crippen LogP contribution in [0.3, 0.4) is 0 Å². The summed E-state index contributed by atoms with van der Waals surface area (Å²) >= 11 is 0. The summed E-state index contributed by atoms with van der Waals surface area (Å²) in [6.45, 7) is 1.84. The van der Waals surface area contributed by atoms with Crippen LogP contribution in [0.15, 0.2) is 42.5 Å². The van der Waals surface area contributed by atoms with Crippen molar-refractivity contribution in [1.82, 2.24) is 9.66 Å². The zero-order chi connectivity index (χ0) is 20.6. The quantitative estimate of drug-likeness (QED) is 0.625. The van der Waals surface area contributed by atoms with Gasteiger partial charge in [0.1, 0.15) is 5.52 Å². The SMILES string of the molecule is COC(=O)c1cccc2c1nc(-c1ccccc1C(F)(F)F)n2N1CCOCC1. The van der Waals surface area contributed by atoms with Gasteiger partial charge in [0.15, 0.2) is 5.82 Å². The summed E-state index contributed by atoms with van der Waals surface area (Å²) in [6, 6.07) is 10.2. The van der Waals surface area contributed by atoms with Crippen LogP contribution in [-0.4, -0.2) is 49.0 Å². The Morgan fingerprint density at radius 2 is 1.83 bits per heavy atom. The molecule has 0 radical (unpaired) electrons. The largest absolute Gasteiger partial charge is 0.465 e. The molecule has 1 aromatic heterocycles. The Balaban J connectivity index is 2.02. The molecule has 4 rings (SSSR count). The first-order valence-corrected chi connectivity index (χ1v) is 9.01. The third kappa shape index (κ3) is 3.42. The number of imidazole rings is 1. The molecule has 0 N–H and O–H groups in total. The van der Waals surface area contributed by atoms with Gasteiger partial charge in [-0.25, -0.2) is 14.5 Å². The number of aromatic nitrogens is 2. The molecule has 1 saturated heterocycles. The number of morpholine rings is 1. The number of para-hydroxylation sites is 1. The number of ether oxygens (including phenoxy) is 2. The van der Waals surface area contributed by atoms with Crippen molar-refractivity contribution in [3.63, 3.8) is 0 Å². The topological polar surface area (TPSA) is 56.6 Å². The molecule has 0 bridgehead atoms. The summed E-state index contributed by atoms with van der Waals surface area (Å²) in [7, 11) is 1.25. The second kappa shape index (κ2) is 7.40. The maximum atomic E-state index is 13.7. The summed E-state index contributed by atoms with van der Waals surface area (Å²) in [5.41, 5.74) is 0.172. The molecular weight excluding hydrogens is 387 g/mol. The Hall–Kier alpha value is -3.07. The van der Waals surface area contributed by atoms with Gasteiger partial charge in [-0.05, 0) is 18.2 Å². The fourth-order valence-corrected chi connectivity index (χ4v) is 3.50. The monoisotopic (exact) mass is 405 g/mol. The van der Waals surface area contributed by atoms with Crippen LogP contribution < -0.4 is 5.01 Å². The van der Waals surface area contributed by atoms with Crippen LogP contribution in [0.25, 0.3) is 22.4 Å². The van der Waals surface area contributed by atoms with Crippen LogP contribution in [0.1, 0.15) is 15.9 Å². The maximum Gasteiger partial charge on any atom is 0.417 e. The second-order valence-corrected chi connectivity index (χ2v) is 6.52. The van der Waals surface area contributed by atoms with Crippen molar-refractivity contribution in [3.05, 3.63) is 53.6 Å². The van der Waals surface area contributed by atoms with Gasteiger partial charge in [-0.3, -0.25) is 0 Å². The van der Waals surface area contributed by atoms with Crippen LogP contribution in [0.4, 0.5) is 13.2 Å². The van der Waals surface area contributed by atoms with Gasteiger partial charge in [0.25, 0.3) is 0 Å². The van der Waals surface area contributed by atoms with Crippen molar-refractivity contribution >= 4 is 17.0 Å². The number of carbonyl (C=O) groups is 1. The first-order valence-electron chi connectivity index (χ1n) is 9.01. The average molecular weight is 405 g/mol. The van der Waals surface area contributed by atoms with Gasteiger partial charge in [0.2, 0.25) is 0 Å². The zero-order valence-corrected chi connectivity index (χ0v) is 15.6. The smallest absolute Gasteiger partial charge is 0.417 e. The number of benzene rings is 2. The van der Waals surface area contributed by atoms with E-state index in [-0.39, 0.29) is 22.5 Å². The molecule has 0 atom stereocenters. The van der Waals surface area contributed by atoms with Gasteiger partial charge < -0.3 is 14.5 Å². The number of hydrogen-bond donors (Lipinski definition) is 0. The molecule has 6 nitrogen and oxygen atoms in total. The van der Waals surface area contributed by atoms with Crippen LogP contribution in [0.5, 0.6) is 0 Å². The van der Waals surface area contributed by atoms with Crippen molar-refractivity contribution in [3.8, 4) is 11.4 Å². The van der Waals surface area contributed by atoms with Gasteiger partial charge in [-0.1, -0.05) is 24.3 Å². The van der Waals surface area contributed by atoms with E-state index in [2.05, 4.69) is 4.98 Å². The minimum absolute atomic E-state index is 0.0569. The number of methoxy groups -OCH3 is 1. The summed E-state index contributed by atoms with van der Waals surface area (Å²) in [5, 5.41) is 1.88. The highest BCUT2D eigenvalue weighted by Gasteiger charge is 2.35. The lowest BCUT2D eigenvalue weighted by atomic mass is 10.1. The Labute approximate surface area is 164 Å². The number of alkyl halides is 3. The number of esters is 1. The van der Waals surface area contributed by atoms with E-state index >= 15 is 0 Å². The Morgan fingerprint density at radius 3 is 2.52 bits per heavy atom. The lowest BCUT2D eigenvalue weighted by Gasteiger charge is -2.31. The highest BCUT2D eigenvalue weighted by Crippen LogP contribution is 2.38. The summed E-state index contributed by atoms with van der Waals surface area (Å²) in [5.74, 6) is -0.482. The normalized spacial score (nSPS) is 15.0. The molecule has 3 aromatic rings. The van der Waals surface area contributed by atoms with E-state index in [1.54, 1.807) is 22.9 Å². The van der Waals surface area contributed by atoms with Crippen molar-refractivity contribution < 1.29 is 27.4 Å². The van der Waals surface area contributed by atoms with Gasteiger partial charge in [-0.2, -0.15) is 13.2 Å². The molecule has 29 heavy (non-hydrogen) atoms. The van der Waals surface area contributed by atoms with E-state index in [1.165, 1.54) is 25.3 Å². The van der Waals surface area contributed by atoms with Crippen LogP contribution in [-0.2, 0) is 15.7 Å². The Bertz CT molecular complexity index is 1060.